The highest BCUT2D eigenvalue weighted by atomic mass is 16.3. The standard InChI is InChI=1S/C18H24N4O2/c1-10(2)17-20-19-16-8-13-5-6-14(9-21(16)17)22(13)18(23)15-7-11(3)24-12(15)4/h7,10,13-14H,5-6,8-9H2,1-4H3/t13-,14+/m0/s1. The molecule has 2 aliphatic heterocycles. The predicted octanol–water partition coefficient (Wildman–Crippen LogP) is 2.84. The van der Waals surface area contributed by atoms with E-state index in [1.807, 2.05) is 19.9 Å². The van der Waals surface area contributed by atoms with Gasteiger partial charge in [-0.1, -0.05) is 13.8 Å². The van der Waals surface area contributed by atoms with Crippen LogP contribution in [0.4, 0.5) is 0 Å². The maximum Gasteiger partial charge on any atom is 0.257 e. The van der Waals surface area contributed by atoms with Crippen molar-refractivity contribution < 1.29 is 9.21 Å². The number of amides is 1. The molecule has 128 valence electrons. The molecule has 6 nitrogen and oxygen atoms in total. The number of hydrogen-bond acceptors (Lipinski definition) is 4. The van der Waals surface area contributed by atoms with Crippen LogP contribution < -0.4 is 0 Å². The van der Waals surface area contributed by atoms with Crippen LogP contribution in [0.3, 0.4) is 0 Å². The van der Waals surface area contributed by atoms with Gasteiger partial charge in [0.25, 0.3) is 5.91 Å². The summed E-state index contributed by atoms with van der Waals surface area (Å²) in [7, 11) is 0. The average Bonchev–Trinajstić information content (AvgIpc) is 3.14. The van der Waals surface area contributed by atoms with Crippen molar-refractivity contribution in [1.29, 1.82) is 0 Å². The number of carbonyl (C=O) groups is 1. The van der Waals surface area contributed by atoms with Gasteiger partial charge in [-0.25, -0.2) is 0 Å². The maximum atomic E-state index is 13.2. The SMILES string of the molecule is Cc1cc(C(=O)N2[C@@H]3CC[C@H]2Cc2nnc(C(C)C)n2C3)c(C)o1. The number of aryl methyl sites for hydroxylation is 2. The van der Waals surface area contributed by atoms with Crippen molar-refractivity contribution in [2.24, 2.45) is 0 Å². The number of rotatable bonds is 2. The van der Waals surface area contributed by atoms with Gasteiger partial charge in [-0.3, -0.25) is 4.79 Å². The lowest BCUT2D eigenvalue weighted by Gasteiger charge is -2.28. The summed E-state index contributed by atoms with van der Waals surface area (Å²) >= 11 is 0. The normalized spacial score (nSPS) is 22.8. The Morgan fingerprint density at radius 3 is 2.67 bits per heavy atom. The summed E-state index contributed by atoms with van der Waals surface area (Å²) in [4.78, 5) is 15.2. The molecule has 4 heterocycles. The van der Waals surface area contributed by atoms with E-state index in [0.717, 1.165) is 43.2 Å². The smallest absolute Gasteiger partial charge is 0.257 e. The van der Waals surface area contributed by atoms with Crippen molar-refractivity contribution in [2.45, 2.75) is 71.5 Å². The van der Waals surface area contributed by atoms with Gasteiger partial charge in [-0.2, -0.15) is 0 Å². The molecule has 6 heteroatoms. The van der Waals surface area contributed by atoms with Gasteiger partial charge < -0.3 is 13.9 Å². The summed E-state index contributed by atoms with van der Waals surface area (Å²) < 4.78 is 7.81. The van der Waals surface area contributed by atoms with Crippen LogP contribution in [0.15, 0.2) is 10.5 Å². The van der Waals surface area contributed by atoms with E-state index in [-0.39, 0.29) is 18.0 Å². The highest BCUT2D eigenvalue weighted by Crippen LogP contribution is 2.34. The number of furan rings is 1. The Kier molecular flexibility index (Phi) is 3.51. The summed E-state index contributed by atoms with van der Waals surface area (Å²) in [6.07, 6.45) is 2.87. The second-order valence-electron chi connectivity index (χ2n) is 7.37. The lowest BCUT2D eigenvalue weighted by atomic mass is 10.1. The van der Waals surface area contributed by atoms with Crippen LogP contribution >= 0.6 is 0 Å². The highest BCUT2D eigenvalue weighted by molar-refractivity contribution is 5.96. The Morgan fingerprint density at radius 2 is 2.00 bits per heavy atom. The molecule has 2 aromatic rings. The molecule has 2 bridgehead atoms. The van der Waals surface area contributed by atoms with Crippen molar-refractivity contribution in [2.75, 3.05) is 0 Å². The summed E-state index contributed by atoms with van der Waals surface area (Å²) in [5, 5.41) is 8.78. The fourth-order valence-corrected chi connectivity index (χ4v) is 4.20. The fourth-order valence-electron chi connectivity index (χ4n) is 4.20. The number of fused-ring (bicyclic) bond motifs is 3. The molecule has 0 spiro atoms. The van der Waals surface area contributed by atoms with E-state index in [1.165, 1.54) is 0 Å². The minimum Gasteiger partial charge on any atom is -0.466 e. The molecule has 24 heavy (non-hydrogen) atoms. The van der Waals surface area contributed by atoms with Crippen LogP contribution in [0.1, 0.15) is 66.1 Å². The zero-order valence-corrected chi connectivity index (χ0v) is 14.7. The van der Waals surface area contributed by atoms with Gasteiger partial charge in [0.05, 0.1) is 11.6 Å². The molecule has 1 saturated heterocycles. The van der Waals surface area contributed by atoms with Gasteiger partial charge in [0.15, 0.2) is 0 Å². The van der Waals surface area contributed by atoms with Crippen molar-refractivity contribution >= 4 is 5.91 Å². The molecule has 1 fully saturated rings. The number of nitrogens with zero attached hydrogens (tertiary/aromatic N) is 4. The van der Waals surface area contributed by atoms with Gasteiger partial charge in [0, 0.05) is 24.9 Å². The van der Waals surface area contributed by atoms with Crippen LogP contribution in [-0.2, 0) is 13.0 Å². The molecule has 0 N–H and O–H groups in total. The van der Waals surface area contributed by atoms with Gasteiger partial charge in [-0.05, 0) is 32.8 Å². The van der Waals surface area contributed by atoms with Crippen molar-refractivity contribution in [1.82, 2.24) is 19.7 Å². The molecule has 0 saturated carbocycles. The summed E-state index contributed by atoms with van der Waals surface area (Å²) in [6.45, 7) is 8.83. The van der Waals surface area contributed by atoms with Gasteiger partial charge in [-0.15, -0.1) is 10.2 Å². The van der Waals surface area contributed by atoms with E-state index >= 15 is 0 Å². The first-order chi connectivity index (χ1) is 11.5. The molecular weight excluding hydrogens is 304 g/mol. The van der Waals surface area contributed by atoms with Gasteiger partial charge in [0.1, 0.15) is 23.2 Å². The average molecular weight is 328 g/mol. The molecule has 0 radical (unpaired) electrons. The Balaban J connectivity index is 1.68. The van der Waals surface area contributed by atoms with Gasteiger partial charge in [0.2, 0.25) is 0 Å². The second kappa shape index (κ2) is 5.46. The largest absolute Gasteiger partial charge is 0.466 e. The second-order valence-corrected chi connectivity index (χ2v) is 7.37. The van der Waals surface area contributed by atoms with E-state index < -0.39 is 0 Å². The van der Waals surface area contributed by atoms with E-state index in [4.69, 9.17) is 4.42 Å². The number of aromatic nitrogens is 3. The Bertz CT molecular complexity index is 789. The third-order valence-corrected chi connectivity index (χ3v) is 5.31. The Morgan fingerprint density at radius 1 is 1.25 bits per heavy atom. The summed E-state index contributed by atoms with van der Waals surface area (Å²) in [6, 6.07) is 2.29. The first-order valence-corrected chi connectivity index (χ1v) is 8.77. The third-order valence-electron chi connectivity index (χ3n) is 5.31. The highest BCUT2D eigenvalue weighted by Gasteiger charge is 2.42. The molecule has 2 aliphatic rings. The lowest BCUT2D eigenvalue weighted by molar-refractivity contribution is 0.0663. The van der Waals surface area contributed by atoms with Crippen LogP contribution in [0.5, 0.6) is 0 Å². The predicted molar refractivity (Wildman–Crippen MR) is 89.0 cm³/mol. The van der Waals surface area contributed by atoms with E-state index in [9.17, 15) is 4.79 Å². The molecule has 2 atom stereocenters. The lowest BCUT2D eigenvalue weighted by Crippen LogP contribution is -2.42. The topological polar surface area (TPSA) is 64.2 Å². The van der Waals surface area contributed by atoms with Crippen LogP contribution in [0.25, 0.3) is 0 Å². The Labute approximate surface area is 141 Å². The van der Waals surface area contributed by atoms with E-state index in [1.54, 1.807) is 0 Å². The molecular formula is C18H24N4O2. The molecule has 0 aliphatic carbocycles. The zero-order valence-electron chi connectivity index (χ0n) is 14.7. The van der Waals surface area contributed by atoms with Crippen LogP contribution in [0, 0.1) is 13.8 Å². The minimum atomic E-state index is 0.0988. The van der Waals surface area contributed by atoms with E-state index in [0.29, 0.717) is 17.2 Å². The Hall–Kier alpha value is -2.11. The molecule has 0 aromatic carbocycles. The monoisotopic (exact) mass is 328 g/mol. The molecule has 0 unspecified atom stereocenters. The minimum absolute atomic E-state index is 0.0988. The first-order valence-electron chi connectivity index (χ1n) is 8.77. The van der Waals surface area contributed by atoms with Crippen molar-refractivity contribution in [3.05, 3.63) is 34.8 Å². The molecule has 2 aromatic heterocycles. The van der Waals surface area contributed by atoms with Crippen LogP contribution in [-0.4, -0.2) is 37.7 Å². The van der Waals surface area contributed by atoms with E-state index in [2.05, 4.69) is 33.5 Å². The number of hydrogen-bond donors (Lipinski definition) is 0. The zero-order chi connectivity index (χ0) is 17.0. The summed E-state index contributed by atoms with van der Waals surface area (Å²) in [5.41, 5.74) is 0.700. The van der Waals surface area contributed by atoms with Crippen LogP contribution in [0.2, 0.25) is 0 Å². The quantitative estimate of drug-likeness (QED) is 0.850. The van der Waals surface area contributed by atoms with Crippen molar-refractivity contribution in [3.8, 4) is 0 Å². The summed E-state index contributed by atoms with van der Waals surface area (Å²) in [5.74, 6) is 3.98. The van der Waals surface area contributed by atoms with Gasteiger partial charge >= 0.3 is 0 Å². The molecule has 4 rings (SSSR count). The third kappa shape index (κ3) is 2.27. The molecule has 1 amide bonds. The van der Waals surface area contributed by atoms with Crippen molar-refractivity contribution in [3.63, 3.8) is 0 Å². The number of carbonyl (C=O) groups excluding carboxylic acids is 1. The maximum absolute atomic E-state index is 13.2. The fraction of sp³-hybridized carbons (Fsp3) is 0.611. The first kappa shape index (κ1) is 15.4.